The van der Waals surface area contributed by atoms with Crippen LogP contribution in [0, 0.1) is 99.1 Å². The summed E-state index contributed by atoms with van der Waals surface area (Å²) in [5.74, 6) is 17.9. The average Bonchev–Trinajstić information content (AvgIpc) is 3.51. The maximum atomic E-state index is 2.97. The third kappa shape index (κ3) is 0.898. The molecule has 0 saturated heterocycles. The Morgan fingerprint density at radius 2 is 1.44 bits per heavy atom. The minimum atomic E-state index is 0.451. The van der Waals surface area contributed by atoms with Gasteiger partial charge in [-0.15, -0.1) is 0 Å². The topological polar surface area (TPSA) is 0 Å². The first-order valence-corrected chi connectivity index (χ1v) is 15.5. The quantitative estimate of drug-likeness (QED) is 0.438. The normalized spacial score (nSPS) is 84.1. The van der Waals surface area contributed by atoms with E-state index < -0.39 is 0 Å². The smallest absolute Gasteiger partial charge is 0.00217 e. The van der Waals surface area contributed by atoms with Gasteiger partial charge in [-0.2, -0.15) is 0 Å². The van der Waals surface area contributed by atoms with Crippen LogP contribution in [0.15, 0.2) is 12.1 Å². The van der Waals surface area contributed by atoms with Gasteiger partial charge in [-0.05, 0) is 158 Å². The second-order valence-corrected chi connectivity index (χ2v) is 18.2. The lowest BCUT2D eigenvalue weighted by Gasteiger charge is -2.91. The van der Waals surface area contributed by atoms with E-state index in [1.807, 2.05) is 22.3 Å². The number of hydrogen-bond acceptors (Lipinski definition) is 0. The molecule has 0 radical (unpaired) electrons. The minimum Gasteiger partial charge on any atom is -0.0588 e. The van der Waals surface area contributed by atoms with Gasteiger partial charge in [0.2, 0.25) is 0 Å². The van der Waals surface area contributed by atoms with Gasteiger partial charge in [-0.25, -0.2) is 0 Å². The van der Waals surface area contributed by atoms with Gasteiger partial charge in [0.05, 0.1) is 0 Å². The van der Waals surface area contributed by atoms with Crippen molar-refractivity contribution in [2.45, 2.75) is 69.6 Å². The van der Waals surface area contributed by atoms with Crippen LogP contribution in [0.1, 0.15) is 81.0 Å². The summed E-state index contributed by atoms with van der Waals surface area (Å²) in [5, 5.41) is 0. The molecule has 21 atom stereocenters. The van der Waals surface area contributed by atoms with E-state index in [0.29, 0.717) is 21.7 Å². The molecular weight excluding hydrogens is 408 g/mol. The molecule has 13 aliphatic rings. The summed E-state index contributed by atoms with van der Waals surface area (Å²) in [5.41, 5.74) is 10.6. The SMILES string of the molecule is CC12CC3C4C5C6C7C5C7C3(C)C3C6C5C6C7CC6(C6c8cc9c1cc8C6C7C9(C)C4(C)C2)C53. The Kier molecular flexibility index (Phi) is 1.68. The maximum absolute atomic E-state index is 2.97. The van der Waals surface area contributed by atoms with E-state index in [2.05, 4.69) is 39.8 Å². The maximum Gasteiger partial charge on any atom is 0.00217 e. The Bertz CT molecular complexity index is 1450. The molecule has 9 fully saturated rings. The highest BCUT2D eigenvalue weighted by atomic mass is 15.0. The molecule has 1 aromatic carbocycles. The summed E-state index contributed by atoms with van der Waals surface area (Å²) in [7, 11) is 0. The Morgan fingerprint density at radius 3 is 2.32 bits per heavy atom. The van der Waals surface area contributed by atoms with E-state index in [1.165, 1.54) is 47.8 Å². The van der Waals surface area contributed by atoms with Crippen LogP contribution in [0.3, 0.4) is 0 Å². The molecule has 1 aromatic rings. The van der Waals surface area contributed by atoms with Gasteiger partial charge in [-0.1, -0.05) is 39.8 Å². The summed E-state index contributed by atoms with van der Waals surface area (Å²) < 4.78 is 0. The zero-order valence-electron chi connectivity index (χ0n) is 21.0. The van der Waals surface area contributed by atoms with E-state index in [4.69, 9.17) is 0 Å². The van der Waals surface area contributed by atoms with E-state index >= 15 is 0 Å². The lowest BCUT2D eigenvalue weighted by atomic mass is 9.12. The van der Waals surface area contributed by atoms with E-state index in [0.717, 1.165) is 58.7 Å². The van der Waals surface area contributed by atoms with Crippen molar-refractivity contribution in [3.63, 3.8) is 0 Å². The first-order chi connectivity index (χ1) is 16.3. The highest BCUT2D eigenvalue weighted by Crippen LogP contribution is 3.03. The molecule has 12 bridgehead atoms. The van der Waals surface area contributed by atoms with Crippen molar-refractivity contribution >= 4 is 0 Å². The highest BCUT2D eigenvalue weighted by molar-refractivity contribution is 5.66. The fourth-order valence-electron chi connectivity index (χ4n) is 19.6. The molecule has 34 heavy (non-hydrogen) atoms. The Morgan fingerprint density at radius 1 is 0.676 bits per heavy atom. The monoisotopic (exact) mass is 444 g/mol. The minimum absolute atomic E-state index is 0.451. The fourth-order valence-corrected chi connectivity index (χ4v) is 19.6. The molecule has 0 heteroatoms. The summed E-state index contributed by atoms with van der Waals surface area (Å²) in [4.78, 5) is 0. The molecule has 172 valence electrons. The molecule has 0 N–H and O–H groups in total. The van der Waals surface area contributed by atoms with Crippen molar-refractivity contribution in [2.24, 2.45) is 99.1 Å². The zero-order chi connectivity index (χ0) is 21.6. The molecule has 21 unspecified atom stereocenters. The molecular formula is C34H36. The Labute approximate surface area is 203 Å². The molecule has 0 amide bonds. The van der Waals surface area contributed by atoms with Crippen LogP contribution in [0.4, 0.5) is 0 Å². The standard InChI is InChI=1S/C34H36/c1-30-8-15-26-18-17-19-21(18)27(19)32(15,3)28-20(17)22-25-12-7-34(25,29(22)28)24-11-6-14-13(30)5-10(11)16(24)23(12)33(14,4)31(26,2)9-30/h5-6,12,15-29H,7-9H2,1-4H3. The van der Waals surface area contributed by atoms with Crippen LogP contribution in [0.2, 0.25) is 0 Å². The average molecular weight is 445 g/mol. The third-order valence-corrected chi connectivity index (χ3v) is 19.3. The van der Waals surface area contributed by atoms with Crippen LogP contribution in [-0.2, 0) is 10.8 Å². The molecule has 0 aromatic heterocycles. The van der Waals surface area contributed by atoms with Crippen molar-refractivity contribution in [3.8, 4) is 0 Å². The number of benzene rings is 1. The second-order valence-electron chi connectivity index (χ2n) is 18.2. The molecule has 0 aliphatic heterocycles. The van der Waals surface area contributed by atoms with Gasteiger partial charge in [0.1, 0.15) is 0 Å². The third-order valence-electron chi connectivity index (χ3n) is 19.3. The molecule has 13 aliphatic carbocycles. The van der Waals surface area contributed by atoms with Gasteiger partial charge < -0.3 is 0 Å². The molecule has 0 spiro atoms. The Hall–Kier alpha value is -0.780. The summed E-state index contributed by atoms with van der Waals surface area (Å²) >= 11 is 0. The predicted molar refractivity (Wildman–Crippen MR) is 128 cm³/mol. The summed E-state index contributed by atoms with van der Waals surface area (Å²) in [6, 6.07) is 5.83. The van der Waals surface area contributed by atoms with Crippen LogP contribution < -0.4 is 0 Å². The lowest BCUT2D eigenvalue weighted by Crippen LogP contribution is -2.87. The van der Waals surface area contributed by atoms with Crippen LogP contribution in [0.5, 0.6) is 0 Å². The van der Waals surface area contributed by atoms with E-state index in [1.54, 1.807) is 12.8 Å². The number of fused-ring (bicyclic) bond motifs is 13. The number of hydrogen-bond donors (Lipinski definition) is 0. The van der Waals surface area contributed by atoms with Crippen molar-refractivity contribution in [1.29, 1.82) is 0 Å². The van der Waals surface area contributed by atoms with Crippen molar-refractivity contribution in [1.82, 2.24) is 0 Å². The fraction of sp³-hybridized carbons (Fsp3) is 0.824. The predicted octanol–water partition coefficient (Wildman–Crippen LogP) is 6.34. The largest absolute Gasteiger partial charge is 0.0588 e. The lowest BCUT2D eigenvalue weighted by molar-refractivity contribution is -0.420. The summed E-state index contributed by atoms with van der Waals surface area (Å²) in [6.07, 6.45) is 4.76. The van der Waals surface area contributed by atoms with Crippen molar-refractivity contribution in [3.05, 3.63) is 34.4 Å². The molecule has 14 rings (SSSR count). The zero-order valence-corrected chi connectivity index (χ0v) is 21.0. The highest BCUT2D eigenvalue weighted by Gasteiger charge is 2.98. The first kappa shape index (κ1) is 16.1. The van der Waals surface area contributed by atoms with Gasteiger partial charge in [0, 0.05) is 5.41 Å². The molecule has 9 saturated carbocycles. The van der Waals surface area contributed by atoms with E-state index in [-0.39, 0.29) is 0 Å². The van der Waals surface area contributed by atoms with Gasteiger partial charge in [-0.3, -0.25) is 0 Å². The molecule has 0 nitrogen and oxygen atoms in total. The number of rotatable bonds is 0. The van der Waals surface area contributed by atoms with Crippen molar-refractivity contribution in [2.75, 3.05) is 0 Å². The van der Waals surface area contributed by atoms with Gasteiger partial charge in [0.25, 0.3) is 0 Å². The van der Waals surface area contributed by atoms with Crippen LogP contribution in [0.25, 0.3) is 0 Å². The Balaban J connectivity index is 1.25. The van der Waals surface area contributed by atoms with Crippen molar-refractivity contribution < 1.29 is 0 Å². The molecule has 0 heterocycles. The van der Waals surface area contributed by atoms with E-state index in [9.17, 15) is 0 Å². The van der Waals surface area contributed by atoms with Crippen LogP contribution >= 0.6 is 0 Å². The first-order valence-electron chi connectivity index (χ1n) is 15.5. The van der Waals surface area contributed by atoms with Gasteiger partial charge >= 0.3 is 0 Å². The second kappa shape index (κ2) is 3.54. The van der Waals surface area contributed by atoms with Crippen LogP contribution in [-0.4, -0.2) is 0 Å². The van der Waals surface area contributed by atoms with Gasteiger partial charge in [0.15, 0.2) is 0 Å². The summed E-state index contributed by atoms with van der Waals surface area (Å²) in [6.45, 7) is 11.6.